The summed E-state index contributed by atoms with van der Waals surface area (Å²) in [4.78, 5) is 8.12. The van der Waals surface area contributed by atoms with Crippen LogP contribution >= 0.6 is 27.5 Å². The minimum atomic E-state index is -3.56. The summed E-state index contributed by atoms with van der Waals surface area (Å²) >= 11 is 9.28. The maximum absolute atomic E-state index is 12.5. The minimum absolute atomic E-state index is 0.0727. The van der Waals surface area contributed by atoms with Crippen molar-refractivity contribution in [3.63, 3.8) is 0 Å². The predicted molar refractivity (Wildman–Crippen MR) is 94.0 cm³/mol. The number of nitrogens with zero attached hydrogens (tertiary/aromatic N) is 3. The average molecular weight is 418 g/mol. The molecule has 1 aliphatic heterocycles. The summed E-state index contributed by atoms with van der Waals surface area (Å²) in [6, 6.07) is 4.92. The van der Waals surface area contributed by atoms with Crippen LogP contribution in [-0.4, -0.2) is 24.6 Å². The first-order valence-electron chi connectivity index (χ1n) is 6.83. The number of hydrogen-bond acceptors (Lipinski definition) is 5. The lowest BCUT2D eigenvalue weighted by Crippen LogP contribution is -2.38. The lowest BCUT2D eigenvalue weighted by Gasteiger charge is -2.37. The standard InChI is InChI=1S/C14H14BrClN4O2S/c1-23(21,22)20-11(12-9(15)7-18-14(16)19-12)6-5-8-3-2-4-10(17)13(8)20/h2-4,7,11H,5-6,17H2,1H3. The molecule has 0 aliphatic carbocycles. The van der Waals surface area contributed by atoms with Crippen molar-refractivity contribution in [2.75, 3.05) is 16.3 Å². The van der Waals surface area contributed by atoms with Crippen LogP contribution in [0.25, 0.3) is 0 Å². The number of nitrogens with two attached hydrogens (primary N) is 1. The van der Waals surface area contributed by atoms with Crippen molar-refractivity contribution in [2.45, 2.75) is 18.9 Å². The quantitative estimate of drug-likeness (QED) is 0.599. The number of para-hydroxylation sites is 1. The number of rotatable bonds is 2. The Balaban J connectivity index is 2.23. The molecule has 122 valence electrons. The number of nitrogen functional groups attached to an aromatic ring is 1. The Morgan fingerprint density at radius 1 is 1.43 bits per heavy atom. The molecule has 1 aliphatic rings. The van der Waals surface area contributed by atoms with Crippen LogP contribution in [0.5, 0.6) is 0 Å². The van der Waals surface area contributed by atoms with Gasteiger partial charge in [0.15, 0.2) is 0 Å². The highest BCUT2D eigenvalue weighted by atomic mass is 79.9. The summed E-state index contributed by atoms with van der Waals surface area (Å²) < 4.78 is 26.9. The molecule has 1 unspecified atom stereocenters. The van der Waals surface area contributed by atoms with Crippen LogP contribution in [0.4, 0.5) is 11.4 Å². The summed E-state index contributed by atoms with van der Waals surface area (Å²) in [6.45, 7) is 0. The maximum atomic E-state index is 12.5. The number of benzene rings is 1. The number of aromatic nitrogens is 2. The normalized spacial score (nSPS) is 17.9. The van der Waals surface area contributed by atoms with Crippen LogP contribution in [0.1, 0.15) is 23.7 Å². The molecule has 6 nitrogen and oxygen atoms in total. The fourth-order valence-electron chi connectivity index (χ4n) is 2.88. The van der Waals surface area contributed by atoms with Crippen LogP contribution in [0, 0.1) is 0 Å². The third-order valence-corrected chi connectivity index (χ3v) is 5.70. The molecule has 2 aromatic rings. The zero-order chi connectivity index (χ0) is 16.8. The van der Waals surface area contributed by atoms with Crippen molar-refractivity contribution < 1.29 is 8.42 Å². The molecule has 0 bridgehead atoms. The molecule has 1 atom stereocenters. The van der Waals surface area contributed by atoms with Crippen molar-refractivity contribution in [1.82, 2.24) is 9.97 Å². The second-order valence-electron chi connectivity index (χ2n) is 5.34. The molecule has 2 heterocycles. The highest BCUT2D eigenvalue weighted by molar-refractivity contribution is 9.10. The fraction of sp³-hybridized carbons (Fsp3) is 0.286. The van der Waals surface area contributed by atoms with Crippen molar-refractivity contribution in [3.8, 4) is 0 Å². The minimum Gasteiger partial charge on any atom is -0.397 e. The van der Waals surface area contributed by atoms with E-state index in [0.717, 1.165) is 11.8 Å². The van der Waals surface area contributed by atoms with E-state index in [1.54, 1.807) is 6.07 Å². The van der Waals surface area contributed by atoms with Crippen LogP contribution in [0.3, 0.4) is 0 Å². The zero-order valence-corrected chi connectivity index (χ0v) is 15.4. The molecule has 2 N–H and O–H groups in total. The van der Waals surface area contributed by atoms with Gasteiger partial charge in [0.05, 0.1) is 33.8 Å². The van der Waals surface area contributed by atoms with Crippen LogP contribution in [-0.2, 0) is 16.4 Å². The molecular formula is C14H14BrClN4O2S. The molecule has 0 spiro atoms. The number of hydrogen-bond donors (Lipinski definition) is 1. The fourth-order valence-corrected chi connectivity index (χ4v) is 4.70. The highest BCUT2D eigenvalue weighted by Gasteiger charge is 2.36. The van der Waals surface area contributed by atoms with Gasteiger partial charge in [-0.1, -0.05) is 12.1 Å². The van der Waals surface area contributed by atoms with Gasteiger partial charge in [-0.2, -0.15) is 0 Å². The first-order valence-corrected chi connectivity index (χ1v) is 9.85. The summed E-state index contributed by atoms with van der Waals surface area (Å²) in [5.41, 5.74) is 8.44. The molecule has 23 heavy (non-hydrogen) atoms. The van der Waals surface area contributed by atoms with Crippen LogP contribution < -0.4 is 10.0 Å². The van der Waals surface area contributed by atoms with Crippen LogP contribution in [0.15, 0.2) is 28.9 Å². The first-order chi connectivity index (χ1) is 10.8. The molecule has 0 amide bonds. The van der Waals surface area contributed by atoms with Gasteiger partial charge in [-0.15, -0.1) is 0 Å². The summed E-state index contributed by atoms with van der Waals surface area (Å²) in [6.07, 6.45) is 3.97. The van der Waals surface area contributed by atoms with Gasteiger partial charge >= 0.3 is 0 Å². The molecule has 1 aromatic heterocycles. The Labute approximate surface area is 147 Å². The van der Waals surface area contributed by atoms with Gasteiger partial charge in [0.25, 0.3) is 0 Å². The van der Waals surface area contributed by atoms with Gasteiger partial charge in [0.2, 0.25) is 15.3 Å². The molecule has 0 saturated heterocycles. The van der Waals surface area contributed by atoms with Crippen molar-refractivity contribution in [1.29, 1.82) is 0 Å². The van der Waals surface area contributed by atoms with E-state index >= 15 is 0 Å². The van der Waals surface area contributed by atoms with Crippen molar-refractivity contribution >= 4 is 48.9 Å². The van der Waals surface area contributed by atoms with E-state index in [4.69, 9.17) is 17.3 Å². The maximum Gasteiger partial charge on any atom is 0.232 e. The third kappa shape index (κ3) is 3.02. The van der Waals surface area contributed by atoms with Gasteiger partial charge in [-0.25, -0.2) is 18.4 Å². The SMILES string of the molecule is CS(=O)(=O)N1c2c(N)cccc2CCC1c1nc(Cl)ncc1Br. The van der Waals surface area contributed by atoms with Gasteiger partial charge in [0, 0.05) is 6.20 Å². The van der Waals surface area contributed by atoms with Crippen LogP contribution in [0.2, 0.25) is 5.28 Å². The Kier molecular flexibility index (Phi) is 4.24. The lowest BCUT2D eigenvalue weighted by molar-refractivity contribution is 0.555. The molecular weight excluding hydrogens is 404 g/mol. The highest BCUT2D eigenvalue weighted by Crippen LogP contribution is 2.44. The van der Waals surface area contributed by atoms with Gasteiger partial charge in [-0.05, 0) is 52.0 Å². The first kappa shape index (κ1) is 16.5. The molecule has 0 radical (unpaired) electrons. The van der Waals surface area contributed by atoms with E-state index in [1.165, 1.54) is 10.5 Å². The molecule has 0 saturated carbocycles. The molecule has 3 rings (SSSR count). The predicted octanol–water partition coefficient (Wildman–Crippen LogP) is 2.93. The monoisotopic (exact) mass is 416 g/mol. The van der Waals surface area contributed by atoms with E-state index in [0.29, 0.717) is 34.4 Å². The number of sulfonamides is 1. The summed E-state index contributed by atoms with van der Waals surface area (Å²) in [5.74, 6) is 0. The summed E-state index contributed by atoms with van der Waals surface area (Å²) in [7, 11) is -3.56. The average Bonchev–Trinajstić information content (AvgIpc) is 2.48. The Hall–Kier alpha value is -1.38. The largest absolute Gasteiger partial charge is 0.397 e. The number of anilines is 2. The van der Waals surface area contributed by atoms with E-state index in [9.17, 15) is 8.42 Å². The second-order valence-corrected chi connectivity index (χ2v) is 8.39. The number of fused-ring (bicyclic) bond motifs is 1. The van der Waals surface area contributed by atoms with Crippen molar-refractivity contribution in [3.05, 3.63) is 45.4 Å². The Morgan fingerprint density at radius 3 is 2.87 bits per heavy atom. The van der Waals surface area contributed by atoms with Gasteiger partial charge in [0.1, 0.15) is 0 Å². The van der Waals surface area contributed by atoms with Gasteiger partial charge in [-0.3, -0.25) is 4.31 Å². The van der Waals surface area contributed by atoms with Gasteiger partial charge < -0.3 is 5.73 Å². The smallest absolute Gasteiger partial charge is 0.232 e. The topological polar surface area (TPSA) is 89.2 Å². The summed E-state index contributed by atoms with van der Waals surface area (Å²) in [5, 5.41) is 0.0727. The van der Waals surface area contributed by atoms with E-state index in [2.05, 4.69) is 25.9 Å². The Morgan fingerprint density at radius 2 is 2.17 bits per heavy atom. The number of halogens is 2. The Bertz CT molecular complexity index is 875. The van der Waals surface area contributed by atoms with Crippen molar-refractivity contribution in [2.24, 2.45) is 0 Å². The zero-order valence-electron chi connectivity index (χ0n) is 12.2. The lowest BCUT2D eigenvalue weighted by atomic mass is 9.95. The van der Waals surface area contributed by atoms with E-state index in [-0.39, 0.29) is 5.28 Å². The number of aryl methyl sites for hydroxylation is 1. The molecule has 9 heteroatoms. The van der Waals surface area contributed by atoms with E-state index < -0.39 is 16.1 Å². The third-order valence-electron chi connectivity index (χ3n) is 3.76. The van der Waals surface area contributed by atoms with E-state index in [1.807, 2.05) is 12.1 Å². The second kappa shape index (κ2) is 5.92. The molecule has 0 fully saturated rings. The molecule has 1 aromatic carbocycles.